The van der Waals surface area contributed by atoms with Gasteiger partial charge in [-0.15, -0.1) is 0 Å². The third-order valence-corrected chi connectivity index (χ3v) is 6.80. The number of nitrogens with one attached hydrogen (secondary N) is 1. The molecule has 6 atom stereocenters. The van der Waals surface area contributed by atoms with Crippen LogP contribution in [0, 0.1) is 35.5 Å². The SMILES string of the molecule is CC(C)OC(=O)c1ccc(NC(=O)CN2C(=O)C3C4C=CC(C5CC45)C3C2=O)cc1. The first kappa shape index (κ1) is 19.0. The smallest absolute Gasteiger partial charge is 0.338 e. The number of hydrogen-bond acceptors (Lipinski definition) is 5. The van der Waals surface area contributed by atoms with Crippen molar-refractivity contribution < 1.29 is 23.9 Å². The number of carbonyl (C=O) groups excluding carboxylic acids is 4. The molecular weight excluding hydrogens is 384 g/mol. The number of carbonyl (C=O) groups is 4. The Hall–Kier alpha value is -2.96. The summed E-state index contributed by atoms with van der Waals surface area (Å²) in [7, 11) is 0. The van der Waals surface area contributed by atoms with E-state index in [1.54, 1.807) is 38.1 Å². The van der Waals surface area contributed by atoms with Gasteiger partial charge in [-0.05, 0) is 68.2 Å². The molecule has 2 bridgehead atoms. The van der Waals surface area contributed by atoms with Crippen LogP contribution in [0.2, 0.25) is 0 Å². The Kier molecular flexibility index (Phi) is 4.31. The minimum atomic E-state index is -0.432. The molecule has 2 saturated carbocycles. The van der Waals surface area contributed by atoms with Crippen molar-refractivity contribution in [3.8, 4) is 0 Å². The fraction of sp³-hybridized carbons (Fsp3) is 0.478. The van der Waals surface area contributed by atoms with Gasteiger partial charge in [0, 0.05) is 5.69 Å². The van der Waals surface area contributed by atoms with Crippen LogP contribution in [0.1, 0.15) is 30.6 Å². The van der Waals surface area contributed by atoms with E-state index in [9.17, 15) is 19.2 Å². The Morgan fingerprint density at radius 3 is 2.13 bits per heavy atom. The molecule has 7 nitrogen and oxygen atoms in total. The van der Waals surface area contributed by atoms with Gasteiger partial charge in [0.2, 0.25) is 17.7 Å². The number of ether oxygens (including phenoxy) is 1. The predicted molar refractivity (Wildman–Crippen MR) is 107 cm³/mol. The van der Waals surface area contributed by atoms with E-state index >= 15 is 0 Å². The first-order valence-corrected chi connectivity index (χ1v) is 10.5. The molecule has 1 saturated heterocycles. The molecule has 1 heterocycles. The third kappa shape index (κ3) is 2.95. The molecule has 7 heteroatoms. The van der Waals surface area contributed by atoms with Gasteiger partial charge in [0.15, 0.2) is 0 Å². The highest BCUT2D eigenvalue weighted by atomic mass is 16.5. The molecule has 1 aromatic rings. The summed E-state index contributed by atoms with van der Waals surface area (Å²) in [6.07, 6.45) is 5.12. The summed E-state index contributed by atoms with van der Waals surface area (Å²) in [5.74, 6) is -0.516. The highest BCUT2D eigenvalue weighted by molar-refractivity contribution is 6.09. The molecule has 4 aliphatic carbocycles. The van der Waals surface area contributed by atoms with Crippen LogP contribution in [0.15, 0.2) is 36.4 Å². The largest absolute Gasteiger partial charge is 0.459 e. The lowest BCUT2D eigenvalue weighted by Crippen LogP contribution is -2.40. The first-order chi connectivity index (χ1) is 14.3. The standard InChI is InChI=1S/C23H24N2O5/c1-11(2)30-23(29)12-3-5-13(6-4-12)24-18(26)10-25-21(27)19-14-7-8-15(17-9-16(14)17)20(19)22(25)28/h3-8,11,14-17,19-20H,9-10H2,1-2H3,(H,24,26). The lowest BCUT2D eigenvalue weighted by atomic mass is 9.63. The molecule has 30 heavy (non-hydrogen) atoms. The van der Waals surface area contributed by atoms with E-state index in [1.165, 1.54) is 0 Å². The molecule has 6 rings (SSSR count). The minimum Gasteiger partial charge on any atom is -0.459 e. The average molecular weight is 408 g/mol. The van der Waals surface area contributed by atoms with Crippen LogP contribution in [0.3, 0.4) is 0 Å². The van der Waals surface area contributed by atoms with E-state index in [-0.39, 0.29) is 48.1 Å². The number of imide groups is 1. The topological polar surface area (TPSA) is 92.8 Å². The zero-order chi connectivity index (χ0) is 21.2. The monoisotopic (exact) mass is 408 g/mol. The van der Waals surface area contributed by atoms with Crippen LogP contribution in [-0.4, -0.2) is 41.2 Å². The van der Waals surface area contributed by atoms with Crippen LogP contribution >= 0.6 is 0 Å². The lowest BCUT2D eigenvalue weighted by Gasteiger charge is -2.37. The summed E-state index contributed by atoms with van der Waals surface area (Å²) in [5, 5.41) is 2.70. The molecule has 6 unspecified atom stereocenters. The summed E-state index contributed by atoms with van der Waals surface area (Å²) in [6, 6.07) is 6.33. The fourth-order valence-electron chi connectivity index (χ4n) is 5.49. The van der Waals surface area contributed by atoms with Crippen molar-refractivity contribution in [1.82, 2.24) is 4.90 Å². The highest BCUT2D eigenvalue weighted by Gasteiger charge is 2.67. The number of hydrogen-bond donors (Lipinski definition) is 1. The van der Waals surface area contributed by atoms with Gasteiger partial charge in [-0.1, -0.05) is 12.2 Å². The number of esters is 1. The molecule has 0 radical (unpaired) electrons. The average Bonchev–Trinajstić information content (AvgIpc) is 3.49. The minimum absolute atomic E-state index is 0.146. The van der Waals surface area contributed by atoms with Gasteiger partial charge < -0.3 is 10.1 Å². The Morgan fingerprint density at radius 1 is 1.03 bits per heavy atom. The van der Waals surface area contributed by atoms with Crippen molar-refractivity contribution in [2.45, 2.75) is 26.4 Å². The summed E-state index contributed by atoms with van der Waals surface area (Å²) in [4.78, 5) is 51.4. The van der Waals surface area contributed by atoms with Crippen LogP contribution in [0.25, 0.3) is 0 Å². The van der Waals surface area contributed by atoms with E-state index in [2.05, 4.69) is 17.5 Å². The number of amides is 3. The van der Waals surface area contributed by atoms with Gasteiger partial charge in [-0.25, -0.2) is 4.79 Å². The normalized spacial score (nSPS) is 32.8. The summed E-state index contributed by atoms with van der Waals surface area (Å²) in [5.41, 5.74) is 0.873. The second-order valence-electron chi connectivity index (χ2n) is 9.00. The van der Waals surface area contributed by atoms with Gasteiger partial charge in [0.25, 0.3) is 0 Å². The van der Waals surface area contributed by atoms with Crippen molar-refractivity contribution in [3.63, 3.8) is 0 Å². The van der Waals surface area contributed by atoms with Crippen molar-refractivity contribution in [2.24, 2.45) is 35.5 Å². The molecule has 5 aliphatic rings. The van der Waals surface area contributed by atoms with E-state index in [4.69, 9.17) is 4.74 Å². The Bertz CT molecular complexity index is 930. The van der Waals surface area contributed by atoms with Gasteiger partial charge in [0.1, 0.15) is 6.54 Å². The van der Waals surface area contributed by atoms with Crippen molar-refractivity contribution in [2.75, 3.05) is 11.9 Å². The lowest BCUT2D eigenvalue weighted by molar-refractivity contribution is -0.142. The van der Waals surface area contributed by atoms with Crippen LogP contribution < -0.4 is 5.32 Å². The van der Waals surface area contributed by atoms with Gasteiger partial charge in [-0.2, -0.15) is 0 Å². The van der Waals surface area contributed by atoms with Crippen molar-refractivity contribution in [3.05, 3.63) is 42.0 Å². The number of benzene rings is 1. The summed E-state index contributed by atoms with van der Waals surface area (Å²) >= 11 is 0. The maximum absolute atomic E-state index is 12.9. The first-order valence-electron chi connectivity index (χ1n) is 10.5. The van der Waals surface area contributed by atoms with E-state index < -0.39 is 11.9 Å². The van der Waals surface area contributed by atoms with Crippen LogP contribution in [-0.2, 0) is 19.1 Å². The molecule has 1 aromatic carbocycles. The number of allylic oxidation sites excluding steroid dienone is 2. The van der Waals surface area contributed by atoms with Gasteiger partial charge in [-0.3, -0.25) is 19.3 Å². The highest BCUT2D eigenvalue weighted by Crippen LogP contribution is 2.65. The maximum Gasteiger partial charge on any atom is 0.338 e. The Balaban J connectivity index is 1.23. The van der Waals surface area contributed by atoms with E-state index in [0.29, 0.717) is 23.1 Å². The zero-order valence-electron chi connectivity index (χ0n) is 16.9. The van der Waals surface area contributed by atoms with Crippen molar-refractivity contribution in [1.29, 1.82) is 0 Å². The van der Waals surface area contributed by atoms with E-state index in [1.807, 2.05) is 0 Å². The molecule has 0 aromatic heterocycles. The van der Waals surface area contributed by atoms with Gasteiger partial charge >= 0.3 is 5.97 Å². The fourth-order valence-corrected chi connectivity index (χ4v) is 5.49. The second kappa shape index (κ2) is 6.79. The maximum atomic E-state index is 12.9. The van der Waals surface area contributed by atoms with Crippen molar-refractivity contribution >= 4 is 29.4 Å². The van der Waals surface area contributed by atoms with E-state index in [0.717, 1.165) is 11.3 Å². The number of nitrogens with zero attached hydrogens (tertiary/aromatic N) is 1. The molecule has 156 valence electrons. The third-order valence-electron chi connectivity index (χ3n) is 6.80. The number of rotatable bonds is 5. The molecule has 1 aliphatic heterocycles. The van der Waals surface area contributed by atoms with Crippen LogP contribution in [0.4, 0.5) is 5.69 Å². The number of anilines is 1. The quantitative estimate of drug-likeness (QED) is 0.458. The molecule has 1 N–H and O–H groups in total. The number of likely N-dealkylation sites (tertiary alicyclic amines) is 1. The second-order valence-corrected chi connectivity index (χ2v) is 9.00. The molecule has 3 fully saturated rings. The Labute approximate surface area is 174 Å². The summed E-state index contributed by atoms with van der Waals surface area (Å²) in [6.45, 7) is 3.26. The Morgan fingerprint density at radius 2 is 1.60 bits per heavy atom. The van der Waals surface area contributed by atoms with Crippen LogP contribution in [0.5, 0.6) is 0 Å². The predicted octanol–water partition coefficient (Wildman–Crippen LogP) is 2.24. The molecule has 0 spiro atoms. The molecular formula is C23H24N2O5. The molecule has 3 amide bonds. The summed E-state index contributed by atoms with van der Waals surface area (Å²) < 4.78 is 5.14. The zero-order valence-corrected chi connectivity index (χ0v) is 16.9. The van der Waals surface area contributed by atoms with Gasteiger partial charge in [0.05, 0.1) is 23.5 Å².